The maximum Gasteiger partial charge on any atom is 0.241 e. The SMILES string of the molecule is CCNC(=O)CN=C(NCC)NCCc1ccc(OC)cc1. The lowest BCUT2D eigenvalue weighted by Crippen LogP contribution is -2.39. The van der Waals surface area contributed by atoms with Crippen LogP contribution in [0.25, 0.3) is 0 Å². The highest BCUT2D eigenvalue weighted by molar-refractivity contribution is 5.84. The number of carbonyl (C=O) groups excluding carboxylic acids is 1. The fourth-order valence-electron chi connectivity index (χ4n) is 1.86. The molecule has 3 N–H and O–H groups in total. The monoisotopic (exact) mass is 306 g/mol. The second-order valence-corrected chi connectivity index (χ2v) is 4.67. The molecule has 22 heavy (non-hydrogen) atoms. The van der Waals surface area contributed by atoms with E-state index in [1.807, 2.05) is 38.1 Å². The van der Waals surface area contributed by atoms with Gasteiger partial charge in [-0.15, -0.1) is 0 Å². The molecule has 0 heterocycles. The van der Waals surface area contributed by atoms with Crippen molar-refractivity contribution in [1.29, 1.82) is 0 Å². The standard InChI is InChI=1S/C16H26N4O2/c1-4-17-15(21)12-20-16(18-5-2)19-11-10-13-6-8-14(22-3)9-7-13/h6-9H,4-5,10-12H2,1-3H3,(H,17,21)(H2,18,19,20). The first-order chi connectivity index (χ1) is 10.7. The third-order valence-corrected chi connectivity index (χ3v) is 2.96. The van der Waals surface area contributed by atoms with Gasteiger partial charge in [0, 0.05) is 19.6 Å². The van der Waals surface area contributed by atoms with Crippen LogP contribution in [0.5, 0.6) is 5.75 Å². The first-order valence-electron chi connectivity index (χ1n) is 7.61. The number of carbonyl (C=O) groups is 1. The van der Waals surface area contributed by atoms with Crippen molar-refractivity contribution in [2.75, 3.05) is 33.3 Å². The molecule has 1 amide bonds. The summed E-state index contributed by atoms with van der Waals surface area (Å²) in [4.78, 5) is 15.7. The van der Waals surface area contributed by atoms with Crippen molar-refractivity contribution >= 4 is 11.9 Å². The molecule has 0 aliphatic rings. The number of likely N-dealkylation sites (N-methyl/N-ethyl adjacent to an activating group) is 1. The molecule has 0 bridgehead atoms. The van der Waals surface area contributed by atoms with E-state index in [-0.39, 0.29) is 12.5 Å². The fourth-order valence-corrected chi connectivity index (χ4v) is 1.86. The summed E-state index contributed by atoms with van der Waals surface area (Å²) in [5.74, 6) is 1.44. The van der Waals surface area contributed by atoms with E-state index in [1.54, 1.807) is 7.11 Å². The molecule has 0 aliphatic carbocycles. The van der Waals surface area contributed by atoms with Crippen molar-refractivity contribution in [1.82, 2.24) is 16.0 Å². The van der Waals surface area contributed by atoms with Crippen LogP contribution in [0.15, 0.2) is 29.3 Å². The van der Waals surface area contributed by atoms with Gasteiger partial charge >= 0.3 is 0 Å². The van der Waals surface area contributed by atoms with Crippen molar-refractivity contribution < 1.29 is 9.53 Å². The average Bonchev–Trinajstić information content (AvgIpc) is 2.53. The van der Waals surface area contributed by atoms with Gasteiger partial charge in [0.25, 0.3) is 0 Å². The molecule has 0 saturated heterocycles. The maximum atomic E-state index is 11.4. The first-order valence-corrected chi connectivity index (χ1v) is 7.61. The molecule has 1 rings (SSSR count). The van der Waals surface area contributed by atoms with Gasteiger partial charge in [-0.25, -0.2) is 4.99 Å². The summed E-state index contributed by atoms with van der Waals surface area (Å²) in [7, 11) is 1.66. The van der Waals surface area contributed by atoms with Crippen LogP contribution in [0.2, 0.25) is 0 Å². The molecule has 0 saturated carbocycles. The number of nitrogens with one attached hydrogen (secondary N) is 3. The minimum Gasteiger partial charge on any atom is -0.497 e. The number of methoxy groups -OCH3 is 1. The smallest absolute Gasteiger partial charge is 0.241 e. The van der Waals surface area contributed by atoms with Crippen LogP contribution < -0.4 is 20.7 Å². The molecule has 0 atom stereocenters. The van der Waals surface area contributed by atoms with E-state index in [1.165, 1.54) is 5.56 Å². The highest BCUT2D eigenvalue weighted by atomic mass is 16.5. The van der Waals surface area contributed by atoms with Gasteiger partial charge in [-0.05, 0) is 38.0 Å². The summed E-state index contributed by atoms with van der Waals surface area (Å²) in [6.07, 6.45) is 0.871. The Morgan fingerprint density at radius 3 is 2.36 bits per heavy atom. The van der Waals surface area contributed by atoms with Gasteiger partial charge in [0.05, 0.1) is 7.11 Å². The predicted molar refractivity (Wildman–Crippen MR) is 89.4 cm³/mol. The average molecular weight is 306 g/mol. The van der Waals surface area contributed by atoms with Crippen LogP contribution in [0, 0.1) is 0 Å². The zero-order valence-electron chi connectivity index (χ0n) is 13.6. The van der Waals surface area contributed by atoms with Crippen molar-refractivity contribution in [3.63, 3.8) is 0 Å². The third kappa shape index (κ3) is 6.97. The quantitative estimate of drug-likeness (QED) is 0.493. The van der Waals surface area contributed by atoms with E-state index in [2.05, 4.69) is 20.9 Å². The van der Waals surface area contributed by atoms with Crippen LogP contribution >= 0.6 is 0 Å². The molecule has 0 fully saturated rings. The number of hydrogen-bond donors (Lipinski definition) is 3. The van der Waals surface area contributed by atoms with Crippen molar-refractivity contribution in [3.05, 3.63) is 29.8 Å². The van der Waals surface area contributed by atoms with Crippen LogP contribution in [-0.4, -0.2) is 45.2 Å². The summed E-state index contributed by atoms with van der Waals surface area (Å²) in [5, 5.41) is 9.07. The summed E-state index contributed by atoms with van der Waals surface area (Å²) >= 11 is 0. The van der Waals surface area contributed by atoms with Gasteiger partial charge in [-0.1, -0.05) is 12.1 Å². The summed E-state index contributed by atoms with van der Waals surface area (Å²) in [6, 6.07) is 7.98. The Hall–Kier alpha value is -2.24. The lowest BCUT2D eigenvalue weighted by molar-refractivity contribution is -0.119. The molecule has 1 aromatic rings. The van der Waals surface area contributed by atoms with Crippen LogP contribution in [0.3, 0.4) is 0 Å². The Morgan fingerprint density at radius 1 is 1.09 bits per heavy atom. The predicted octanol–water partition coefficient (Wildman–Crippen LogP) is 0.929. The number of hydrogen-bond acceptors (Lipinski definition) is 3. The van der Waals surface area contributed by atoms with E-state index >= 15 is 0 Å². The number of ether oxygens (including phenoxy) is 1. The molecular formula is C16H26N4O2. The Labute approximate surface area is 132 Å². The summed E-state index contributed by atoms with van der Waals surface area (Å²) < 4.78 is 5.14. The van der Waals surface area contributed by atoms with E-state index in [4.69, 9.17) is 4.74 Å². The summed E-state index contributed by atoms with van der Waals surface area (Å²) in [6.45, 7) is 6.13. The number of benzene rings is 1. The molecule has 0 aromatic heterocycles. The Balaban J connectivity index is 2.42. The molecule has 1 aromatic carbocycles. The number of rotatable bonds is 8. The molecule has 6 heteroatoms. The van der Waals surface area contributed by atoms with Crippen molar-refractivity contribution in [2.45, 2.75) is 20.3 Å². The molecular weight excluding hydrogens is 280 g/mol. The Kier molecular flexibility index (Phi) is 8.49. The minimum atomic E-state index is -0.0742. The lowest BCUT2D eigenvalue weighted by atomic mass is 10.1. The molecule has 6 nitrogen and oxygen atoms in total. The minimum absolute atomic E-state index is 0.0742. The van der Waals surface area contributed by atoms with Gasteiger partial charge in [-0.2, -0.15) is 0 Å². The molecule has 122 valence electrons. The van der Waals surface area contributed by atoms with Gasteiger partial charge < -0.3 is 20.7 Å². The van der Waals surface area contributed by atoms with E-state index in [9.17, 15) is 4.79 Å². The lowest BCUT2D eigenvalue weighted by Gasteiger charge is -2.11. The van der Waals surface area contributed by atoms with Crippen molar-refractivity contribution in [2.24, 2.45) is 4.99 Å². The molecule has 0 aliphatic heterocycles. The number of guanidine groups is 1. The number of amides is 1. The van der Waals surface area contributed by atoms with Crippen molar-refractivity contribution in [3.8, 4) is 5.75 Å². The zero-order chi connectivity index (χ0) is 16.2. The fraction of sp³-hybridized carbons (Fsp3) is 0.500. The second-order valence-electron chi connectivity index (χ2n) is 4.67. The van der Waals surface area contributed by atoms with Gasteiger partial charge in [0.1, 0.15) is 12.3 Å². The van der Waals surface area contributed by atoms with Crippen LogP contribution in [-0.2, 0) is 11.2 Å². The molecule has 0 spiro atoms. The molecule has 0 unspecified atom stereocenters. The van der Waals surface area contributed by atoms with Crippen LogP contribution in [0.4, 0.5) is 0 Å². The highest BCUT2D eigenvalue weighted by Gasteiger charge is 2.01. The van der Waals surface area contributed by atoms with E-state index in [0.717, 1.165) is 25.3 Å². The van der Waals surface area contributed by atoms with Gasteiger partial charge in [0.15, 0.2) is 5.96 Å². The number of nitrogens with zero attached hydrogens (tertiary/aromatic N) is 1. The van der Waals surface area contributed by atoms with Gasteiger partial charge in [-0.3, -0.25) is 4.79 Å². The molecule has 0 radical (unpaired) electrons. The zero-order valence-corrected chi connectivity index (χ0v) is 13.6. The first kappa shape index (κ1) is 17.8. The van der Waals surface area contributed by atoms with Crippen LogP contribution in [0.1, 0.15) is 19.4 Å². The Bertz CT molecular complexity index is 472. The topological polar surface area (TPSA) is 74.8 Å². The third-order valence-electron chi connectivity index (χ3n) is 2.96. The van der Waals surface area contributed by atoms with Gasteiger partial charge in [0.2, 0.25) is 5.91 Å². The second kappa shape index (κ2) is 10.5. The van der Waals surface area contributed by atoms with E-state index < -0.39 is 0 Å². The normalized spacial score (nSPS) is 11.0. The summed E-state index contributed by atoms with van der Waals surface area (Å²) in [5.41, 5.74) is 1.22. The maximum absolute atomic E-state index is 11.4. The Morgan fingerprint density at radius 2 is 1.77 bits per heavy atom. The largest absolute Gasteiger partial charge is 0.497 e. The number of aliphatic imine (C=N–C) groups is 1. The highest BCUT2D eigenvalue weighted by Crippen LogP contribution is 2.11. The van der Waals surface area contributed by atoms with E-state index in [0.29, 0.717) is 12.5 Å².